The highest BCUT2D eigenvalue weighted by molar-refractivity contribution is 9.10. The standard InChI is InChI=1S/C15H15BrN2O3/c1-8-5-11(16)13(7-12(8)17)18-15(20)10-6-9(21-2)3-4-14(10)19/h3-7,19H,17H2,1-2H3,(H,18,20). The van der Waals surface area contributed by atoms with Crippen LogP contribution in [0.25, 0.3) is 0 Å². The van der Waals surface area contributed by atoms with Crippen molar-refractivity contribution in [3.63, 3.8) is 0 Å². The monoisotopic (exact) mass is 350 g/mol. The zero-order chi connectivity index (χ0) is 15.6. The van der Waals surface area contributed by atoms with E-state index in [1.54, 1.807) is 12.1 Å². The van der Waals surface area contributed by atoms with Gasteiger partial charge in [-0.15, -0.1) is 0 Å². The quantitative estimate of drug-likeness (QED) is 0.741. The summed E-state index contributed by atoms with van der Waals surface area (Å²) in [4.78, 5) is 12.3. The van der Waals surface area contributed by atoms with Gasteiger partial charge in [-0.1, -0.05) is 0 Å². The predicted molar refractivity (Wildman–Crippen MR) is 85.9 cm³/mol. The van der Waals surface area contributed by atoms with E-state index in [-0.39, 0.29) is 11.3 Å². The van der Waals surface area contributed by atoms with Crippen LogP contribution in [0, 0.1) is 6.92 Å². The molecule has 0 heterocycles. The number of ether oxygens (including phenoxy) is 1. The number of hydrogen-bond donors (Lipinski definition) is 3. The van der Waals surface area contributed by atoms with Crippen LogP contribution >= 0.6 is 15.9 Å². The van der Waals surface area contributed by atoms with Crippen LogP contribution in [0.5, 0.6) is 11.5 Å². The highest BCUT2D eigenvalue weighted by atomic mass is 79.9. The molecule has 0 aliphatic carbocycles. The van der Waals surface area contributed by atoms with E-state index >= 15 is 0 Å². The van der Waals surface area contributed by atoms with Crippen molar-refractivity contribution in [1.29, 1.82) is 0 Å². The molecular formula is C15H15BrN2O3. The molecule has 0 aliphatic rings. The van der Waals surface area contributed by atoms with Crippen molar-refractivity contribution in [2.45, 2.75) is 6.92 Å². The summed E-state index contributed by atoms with van der Waals surface area (Å²) in [5.41, 5.74) is 7.98. The zero-order valence-electron chi connectivity index (χ0n) is 11.6. The maximum absolute atomic E-state index is 12.3. The topological polar surface area (TPSA) is 84.6 Å². The van der Waals surface area contributed by atoms with Gasteiger partial charge in [-0.3, -0.25) is 4.79 Å². The van der Waals surface area contributed by atoms with E-state index < -0.39 is 5.91 Å². The SMILES string of the molecule is COc1ccc(O)c(C(=O)Nc2cc(N)c(C)cc2Br)c1. The van der Waals surface area contributed by atoms with Gasteiger partial charge in [0.15, 0.2) is 0 Å². The van der Waals surface area contributed by atoms with E-state index in [0.29, 0.717) is 21.6 Å². The molecule has 0 fully saturated rings. The number of phenols is 1. The fourth-order valence-electron chi connectivity index (χ4n) is 1.80. The van der Waals surface area contributed by atoms with Crippen LogP contribution in [-0.2, 0) is 0 Å². The molecule has 0 saturated heterocycles. The number of halogens is 1. The van der Waals surface area contributed by atoms with Gasteiger partial charge >= 0.3 is 0 Å². The number of aromatic hydroxyl groups is 1. The second-order valence-corrected chi connectivity index (χ2v) is 5.38. The first-order chi connectivity index (χ1) is 9.92. The van der Waals surface area contributed by atoms with Crippen LogP contribution in [0.15, 0.2) is 34.8 Å². The third kappa shape index (κ3) is 3.28. The van der Waals surface area contributed by atoms with Gasteiger partial charge in [-0.25, -0.2) is 0 Å². The number of anilines is 2. The molecule has 0 atom stereocenters. The van der Waals surface area contributed by atoms with E-state index in [0.717, 1.165) is 5.56 Å². The average molecular weight is 351 g/mol. The second kappa shape index (κ2) is 6.05. The Bertz CT molecular complexity index is 702. The van der Waals surface area contributed by atoms with Gasteiger partial charge in [-0.05, 0) is 58.7 Å². The fourth-order valence-corrected chi connectivity index (χ4v) is 2.36. The van der Waals surface area contributed by atoms with Crippen LogP contribution in [0.2, 0.25) is 0 Å². The number of nitrogens with one attached hydrogen (secondary N) is 1. The Morgan fingerprint density at radius 1 is 1.33 bits per heavy atom. The highest BCUT2D eigenvalue weighted by Crippen LogP contribution is 2.29. The number of hydrogen-bond acceptors (Lipinski definition) is 4. The number of nitrogen functional groups attached to an aromatic ring is 1. The van der Waals surface area contributed by atoms with Gasteiger partial charge in [0.05, 0.1) is 18.4 Å². The Morgan fingerprint density at radius 3 is 2.71 bits per heavy atom. The van der Waals surface area contributed by atoms with Crippen LogP contribution < -0.4 is 15.8 Å². The van der Waals surface area contributed by atoms with E-state index in [2.05, 4.69) is 21.2 Å². The summed E-state index contributed by atoms with van der Waals surface area (Å²) in [6.45, 7) is 1.87. The molecule has 21 heavy (non-hydrogen) atoms. The molecule has 0 saturated carbocycles. The first-order valence-electron chi connectivity index (χ1n) is 6.16. The number of aryl methyl sites for hydroxylation is 1. The maximum Gasteiger partial charge on any atom is 0.259 e. The number of benzene rings is 2. The lowest BCUT2D eigenvalue weighted by atomic mass is 10.1. The van der Waals surface area contributed by atoms with Crippen molar-refractivity contribution >= 4 is 33.2 Å². The minimum absolute atomic E-state index is 0.121. The first kappa shape index (κ1) is 15.2. The lowest BCUT2D eigenvalue weighted by Crippen LogP contribution is -2.13. The number of amides is 1. The molecule has 2 rings (SSSR count). The molecule has 5 nitrogen and oxygen atoms in total. The van der Waals surface area contributed by atoms with Crippen molar-refractivity contribution in [3.05, 3.63) is 45.9 Å². The van der Waals surface area contributed by atoms with E-state index in [9.17, 15) is 9.90 Å². The van der Waals surface area contributed by atoms with E-state index in [1.165, 1.54) is 19.2 Å². The Morgan fingerprint density at radius 2 is 2.05 bits per heavy atom. The summed E-state index contributed by atoms with van der Waals surface area (Å²) in [6, 6.07) is 7.93. The minimum atomic E-state index is -0.449. The molecule has 0 spiro atoms. The second-order valence-electron chi connectivity index (χ2n) is 4.53. The van der Waals surface area contributed by atoms with Crippen molar-refractivity contribution < 1.29 is 14.6 Å². The molecule has 0 bridgehead atoms. The average Bonchev–Trinajstić information content (AvgIpc) is 2.45. The summed E-state index contributed by atoms with van der Waals surface area (Å²) in [5.74, 6) is -0.0831. The van der Waals surface area contributed by atoms with Crippen molar-refractivity contribution in [2.75, 3.05) is 18.2 Å². The van der Waals surface area contributed by atoms with Crippen LogP contribution in [-0.4, -0.2) is 18.1 Å². The van der Waals surface area contributed by atoms with Gasteiger partial charge in [0, 0.05) is 10.2 Å². The molecular weight excluding hydrogens is 336 g/mol. The first-order valence-corrected chi connectivity index (χ1v) is 6.95. The van der Waals surface area contributed by atoms with Crippen LogP contribution in [0.3, 0.4) is 0 Å². The summed E-state index contributed by atoms with van der Waals surface area (Å²) < 4.78 is 5.76. The summed E-state index contributed by atoms with van der Waals surface area (Å²) >= 11 is 3.37. The molecule has 110 valence electrons. The number of rotatable bonds is 3. The molecule has 0 aromatic heterocycles. The van der Waals surface area contributed by atoms with E-state index in [4.69, 9.17) is 10.5 Å². The predicted octanol–water partition coefficient (Wildman–Crippen LogP) is 3.31. The van der Waals surface area contributed by atoms with Crippen LogP contribution in [0.4, 0.5) is 11.4 Å². The van der Waals surface area contributed by atoms with Gasteiger partial charge < -0.3 is 20.9 Å². The molecule has 0 unspecified atom stereocenters. The number of nitrogens with two attached hydrogens (primary N) is 1. The number of phenolic OH excluding ortho intramolecular Hbond substituents is 1. The fraction of sp³-hybridized carbons (Fsp3) is 0.133. The van der Waals surface area contributed by atoms with Crippen molar-refractivity contribution in [2.24, 2.45) is 0 Å². The molecule has 0 radical (unpaired) electrons. The minimum Gasteiger partial charge on any atom is -0.507 e. The number of carbonyl (C=O) groups is 1. The summed E-state index contributed by atoms with van der Waals surface area (Å²) in [7, 11) is 1.49. The lowest BCUT2D eigenvalue weighted by Gasteiger charge is -2.11. The number of carbonyl (C=O) groups excluding carboxylic acids is 1. The molecule has 2 aromatic carbocycles. The molecule has 2 aromatic rings. The van der Waals surface area contributed by atoms with Gasteiger partial charge in [0.25, 0.3) is 5.91 Å². The summed E-state index contributed by atoms with van der Waals surface area (Å²) in [5, 5.41) is 12.5. The third-order valence-corrected chi connectivity index (χ3v) is 3.71. The third-order valence-electron chi connectivity index (χ3n) is 3.05. The van der Waals surface area contributed by atoms with Gasteiger partial charge in [0.2, 0.25) is 0 Å². The van der Waals surface area contributed by atoms with E-state index in [1.807, 2.05) is 13.0 Å². The largest absolute Gasteiger partial charge is 0.507 e. The summed E-state index contributed by atoms with van der Waals surface area (Å²) in [6.07, 6.45) is 0. The highest BCUT2D eigenvalue weighted by Gasteiger charge is 2.14. The Balaban J connectivity index is 2.32. The smallest absolute Gasteiger partial charge is 0.259 e. The maximum atomic E-state index is 12.3. The molecule has 4 N–H and O–H groups in total. The molecule has 6 heteroatoms. The Hall–Kier alpha value is -2.21. The lowest BCUT2D eigenvalue weighted by molar-refractivity contribution is 0.102. The zero-order valence-corrected chi connectivity index (χ0v) is 13.2. The Labute approximate surface area is 130 Å². The Kier molecular flexibility index (Phi) is 4.37. The normalized spacial score (nSPS) is 10.2. The van der Waals surface area contributed by atoms with Crippen LogP contribution in [0.1, 0.15) is 15.9 Å². The van der Waals surface area contributed by atoms with Crippen molar-refractivity contribution in [3.8, 4) is 11.5 Å². The van der Waals surface area contributed by atoms with Gasteiger partial charge in [-0.2, -0.15) is 0 Å². The molecule has 1 amide bonds. The van der Waals surface area contributed by atoms with Crippen molar-refractivity contribution in [1.82, 2.24) is 0 Å². The number of methoxy groups -OCH3 is 1. The van der Waals surface area contributed by atoms with Gasteiger partial charge in [0.1, 0.15) is 11.5 Å². The molecule has 0 aliphatic heterocycles.